The lowest BCUT2D eigenvalue weighted by molar-refractivity contribution is 0.962. The van der Waals surface area contributed by atoms with Crippen molar-refractivity contribution in [2.45, 2.75) is 5.33 Å². The highest BCUT2D eigenvalue weighted by Crippen LogP contribution is 2.31. The molecule has 0 aliphatic rings. The van der Waals surface area contributed by atoms with E-state index < -0.39 is 0 Å². The van der Waals surface area contributed by atoms with Gasteiger partial charge in [-0.05, 0) is 30.3 Å². The molecule has 106 valence electrons. The molecule has 3 aromatic rings. The highest BCUT2D eigenvalue weighted by Gasteiger charge is 2.17. The Hall–Kier alpha value is -1.17. The van der Waals surface area contributed by atoms with Crippen LogP contribution in [0.4, 0.5) is 0 Å². The van der Waals surface area contributed by atoms with Crippen LogP contribution in [-0.2, 0) is 5.33 Å². The third kappa shape index (κ3) is 2.91. The highest BCUT2D eigenvalue weighted by atomic mass is 79.9. The molecular formula is C15H10Br2ClN3. The predicted molar refractivity (Wildman–Crippen MR) is 92.1 cm³/mol. The summed E-state index contributed by atoms with van der Waals surface area (Å²) >= 11 is 13.3. The van der Waals surface area contributed by atoms with Crippen molar-refractivity contribution in [2.24, 2.45) is 0 Å². The normalized spacial score (nSPS) is 10.8. The Balaban J connectivity index is 2.25. The van der Waals surface area contributed by atoms with E-state index in [-0.39, 0.29) is 0 Å². The van der Waals surface area contributed by atoms with E-state index in [0.29, 0.717) is 10.4 Å². The molecule has 3 nitrogen and oxygen atoms in total. The molecule has 21 heavy (non-hydrogen) atoms. The fourth-order valence-electron chi connectivity index (χ4n) is 2.09. The van der Waals surface area contributed by atoms with E-state index in [0.717, 1.165) is 27.4 Å². The maximum atomic E-state index is 6.33. The van der Waals surface area contributed by atoms with Crippen molar-refractivity contribution in [3.05, 3.63) is 63.9 Å². The lowest BCUT2D eigenvalue weighted by atomic mass is 10.2. The van der Waals surface area contributed by atoms with E-state index in [1.54, 1.807) is 0 Å². The summed E-state index contributed by atoms with van der Waals surface area (Å²) in [5, 5.41) is 9.82. The molecule has 3 rings (SSSR count). The van der Waals surface area contributed by atoms with E-state index >= 15 is 0 Å². The minimum absolute atomic E-state index is 0.612. The minimum Gasteiger partial charge on any atom is -0.278 e. The molecule has 1 heterocycles. The second-order valence-corrected chi connectivity index (χ2v) is 6.25. The van der Waals surface area contributed by atoms with Crippen LogP contribution in [0.3, 0.4) is 0 Å². The Morgan fingerprint density at radius 3 is 2.52 bits per heavy atom. The van der Waals surface area contributed by atoms with Crippen LogP contribution >= 0.6 is 43.5 Å². The zero-order valence-corrected chi connectivity index (χ0v) is 14.7. The number of benzene rings is 2. The molecule has 0 saturated carbocycles. The first-order chi connectivity index (χ1) is 10.2. The second-order valence-electron chi connectivity index (χ2n) is 4.37. The van der Waals surface area contributed by atoms with Gasteiger partial charge in [-0.25, -0.2) is 0 Å². The van der Waals surface area contributed by atoms with Gasteiger partial charge in [0.15, 0.2) is 5.82 Å². The van der Waals surface area contributed by atoms with Crippen LogP contribution in [0, 0.1) is 0 Å². The monoisotopic (exact) mass is 425 g/mol. The summed E-state index contributed by atoms with van der Waals surface area (Å²) in [6.45, 7) is 0. The molecule has 1 aromatic heterocycles. The quantitative estimate of drug-likeness (QED) is 0.535. The molecule has 0 saturated heterocycles. The second kappa shape index (κ2) is 6.30. The molecule has 0 unspecified atom stereocenters. The summed E-state index contributed by atoms with van der Waals surface area (Å²) in [5.74, 6) is 1.55. The molecule has 0 spiro atoms. The van der Waals surface area contributed by atoms with Crippen LogP contribution in [0.2, 0.25) is 5.02 Å². The molecule has 0 atom stereocenters. The van der Waals surface area contributed by atoms with Crippen molar-refractivity contribution in [1.29, 1.82) is 0 Å². The van der Waals surface area contributed by atoms with E-state index in [4.69, 9.17) is 11.6 Å². The van der Waals surface area contributed by atoms with Crippen LogP contribution in [0.1, 0.15) is 5.82 Å². The van der Waals surface area contributed by atoms with Gasteiger partial charge < -0.3 is 0 Å². The zero-order chi connectivity index (χ0) is 14.8. The lowest BCUT2D eigenvalue weighted by Crippen LogP contribution is -2.01. The zero-order valence-electron chi connectivity index (χ0n) is 10.8. The molecular weight excluding hydrogens is 417 g/mol. The fourth-order valence-corrected chi connectivity index (χ4v) is 3.02. The number of nitrogens with zero attached hydrogens (tertiary/aromatic N) is 3. The topological polar surface area (TPSA) is 30.7 Å². The third-order valence-electron chi connectivity index (χ3n) is 3.03. The average molecular weight is 428 g/mol. The molecule has 0 fully saturated rings. The van der Waals surface area contributed by atoms with E-state index in [1.165, 1.54) is 0 Å². The largest absolute Gasteiger partial charge is 0.278 e. The Morgan fingerprint density at radius 1 is 1.05 bits per heavy atom. The number of hydrogen-bond acceptors (Lipinski definition) is 2. The Bertz CT molecular complexity index is 772. The van der Waals surface area contributed by atoms with Gasteiger partial charge in [0.2, 0.25) is 0 Å². The number of hydrogen-bond donors (Lipinski definition) is 0. The number of rotatable bonds is 3. The molecule has 0 N–H and O–H groups in total. The van der Waals surface area contributed by atoms with Gasteiger partial charge in [-0.1, -0.05) is 61.7 Å². The van der Waals surface area contributed by atoms with Gasteiger partial charge in [0.1, 0.15) is 5.82 Å². The van der Waals surface area contributed by atoms with Crippen molar-refractivity contribution in [2.75, 3.05) is 0 Å². The number of alkyl halides is 1. The van der Waals surface area contributed by atoms with Crippen LogP contribution in [0.25, 0.3) is 17.1 Å². The first-order valence-corrected chi connectivity index (χ1v) is 8.51. The smallest absolute Gasteiger partial charge is 0.170 e. The SMILES string of the molecule is Clc1ccc(Br)cc1-c1nnc(CBr)n1-c1ccccc1. The minimum atomic E-state index is 0.612. The Labute approximate surface area is 144 Å². The number of para-hydroxylation sites is 1. The van der Waals surface area contributed by atoms with Gasteiger partial charge >= 0.3 is 0 Å². The van der Waals surface area contributed by atoms with E-state index in [9.17, 15) is 0 Å². The van der Waals surface area contributed by atoms with Gasteiger partial charge in [-0.3, -0.25) is 4.57 Å². The molecule has 2 aromatic carbocycles. The fraction of sp³-hybridized carbons (Fsp3) is 0.0667. The van der Waals surface area contributed by atoms with Crippen LogP contribution in [-0.4, -0.2) is 14.8 Å². The number of halogens is 3. The molecule has 0 amide bonds. The highest BCUT2D eigenvalue weighted by molar-refractivity contribution is 9.10. The predicted octanol–water partition coefficient (Wildman–Crippen LogP) is 5.25. The van der Waals surface area contributed by atoms with Crippen LogP contribution in [0.15, 0.2) is 53.0 Å². The van der Waals surface area contributed by atoms with Crippen molar-refractivity contribution in [3.8, 4) is 17.1 Å². The van der Waals surface area contributed by atoms with Gasteiger partial charge in [-0.15, -0.1) is 10.2 Å². The van der Waals surface area contributed by atoms with Crippen molar-refractivity contribution in [1.82, 2.24) is 14.8 Å². The van der Waals surface area contributed by atoms with E-state index in [1.807, 2.05) is 53.1 Å². The molecule has 0 aliphatic heterocycles. The molecule has 0 radical (unpaired) electrons. The van der Waals surface area contributed by atoms with Gasteiger partial charge in [0.25, 0.3) is 0 Å². The standard InChI is InChI=1S/C15H10Br2ClN3/c16-9-14-19-20-15(12-8-10(17)6-7-13(12)18)21(14)11-4-2-1-3-5-11/h1-8H,9H2. The van der Waals surface area contributed by atoms with Crippen molar-refractivity contribution < 1.29 is 0 Å². The maximum absolute atomic E-state index is 6.33. The third-order valence-corrected chi connectivity index (χ3v) is 4.36. The van der Waals surface area contributed by atoms with Crippen LogP contribution in [0.5, 0.6) is 0 Å². The average Bonchev–Trinajstić information content (AvgIpc) is 2.94. The summed E-state index contributed by atoms with van der Waals surface area (Å²) < 4.78 is 2.95. The van der Waals surface area contributed by atoms with E-state index in [2.05, 4.69) is 42.1 Å². The van der Waals surface area contributed by atoms with Gasteiger partial charge in [0, 0.05) is 15.7 Å². The Morgan fingerprint density at radius 2 is 1.81 bits per heavy atom. The van der Waals surface area contributed by atoms with Gasteiger partial charge in [0.05, 0.1) is 10.4 Å². The first-order valence-electron chi connectivity index (χ1n) is 6.22. The summed E-state index contributed by atoms with van der Waals surface area (Å²) in [6, 6.07) is 15.7. The lowest BCUT2D eigenvalue weighted by Gasteiger charge is -2.10. The summed E-state index contributed by atoms with van der Waals surface area (Å²) in [4.78, 5) is 0. The molecule has 6 heteroatoms. The summed E-state index contributed by atoms with van der Waals surface area (Å²) in [6.07, 6.45) is 0. The summed E-state index contributed by atoms with van der Waals surface area (Å²) in [5.41, 5.74) is 1.84. The van der Waals surface area contributed by atoms with Crippen molar-refractivity contribution in [3.63, 3.8) is 0 Å². The van der Waals surface area contributed by atoms with Crippen molar-refractivity contribution >= 4 is 43.5 Å². The Kier molecular flexibility index (Phi) is 4.42. The molecule has 0 bridgehead atoms. The maximum Gasteiger partial charge on any atom is 0.170 e. The van der Waals surface area contributed by atoms with Crippen LogP contribution < -0.4 is 0 Å². The first kappa shape index (κ1) is 14.8. The summed E-state index contributed by atoms with van der Waals surface area (Å²) in [7, 11) is 0. The molecule has 0 aliphatic carbocycles. The number of aromatic nitrogens is 3. The van der Waals surface area contributed by atoms with Gasteiger partial charge in [-0.2, -0.15) is 0 Å².